The Labute approximate surface area is 87.6 Å². The average molecular weight is 201 g/mol. The first-order valence-electron chi connectivity index (χ1n) is 4.98. The predicted molar refractivity (Wildman–Crippen MR) is 57.5 cm³/mol. The van der Waals surface area contributed by atoms with Crippen LogP contribution in [0, 0.1) is 0 Å². The van der Waals surface area contributed by atoms with Gasteiger partial charge in [0.15, 0.2) is 0 Å². The van der Waals surface area contributed by atoms with Gasteiger partial charge in [-0.15, -0.1) is 0 Å². The van der Waals surface area contributed by atoms with Crippen molar-refractivity contribution in [1.82, 2.24) is 4.98 Å². The number of fused-ring (bicyclic) bond motifs is 3. The third-order valence-corrected chi connectivity index (χ3v) is 2.68. The summed E-state index contributed by atoms with van der Waals surface area (Å²) in [7, 11) is 1.65. The Morgan fingerprint density at radius 2 is 2.07 bits per heavy atom. The Bertz CT molecular complexity index is 522. The Balaban J connectivity index is 2.41. The summed E-state index contributed by atoms with van der Waals surface area (Å²) >= 11 is 0. The van der Waals surface area contributed by atoms with Crippen LogP contribution in [0.25, 0.3) is 10.8 Å². The van der Waals surface area contributed by atoms with Crippen LogP contribution in [0.4, 0.5) is 0 Å². The second-order valence-corrected chi connectivity index (χ2v) is 3.54. The maximum Gasteiger partial charge on any atom is 0.221 e. The summed E-state index contributed by atoms with van der Waals surface area (Å²) in [6.07, 6.45) is 0.872. The highest BCUT2D eigenvalue weighted by Crippen LogP contribution is 2.36. The van der Waals surface area contributed by atoms with Crippen LogP contribution in [0.1, 0.15) is 5.69 Å². The molecule has 0 N–H and O–H groups in total. The average Bonchev–Trinajstić information content (AvgIpc) is 2.76. The van der Waals surface area contributed by atoms with Gasteiger partial charge in [-0.2, -0.15) is 0 Å². The van der Waals surface area contributed by atoms with Crippen molar-refractivity contribution in [2.75, 3.05) is 13.7 Å². The van der Waals surface area contributed by atoms with Crippen LogP contribution in [0.5, 0.6) is 11.6 Å². The first-order valence-corrected chi connectivity index (χ1v) is 4.98. The fraction of sp³-hybridized carbons (Fsp3) is 0.250. The van der Waals surface area contributed by atoms with Crippen molar-refractivity contribution in [3.8, 4) is 11.6 Å². The van der Waals surface area contributed by atoms with Crippen molar-refractivity contribution in [3.63, 3.8) is 0 Å². The topological polar surface area (TPSA) is 31.4 Å². The van der Waals surface area contributed by atoms with E-state index in [0.717, 1.165) is 35.2 Å². The Morgan fingerprint density at radius 1 is 1.27 bits per heavy atom. The lowest BCUT2D eigenvalue weighted by molar-refractivity contribution is 0.360. The molecule has 76 valence electrons. The Morgan fingerprint density at radius 3 is 2.87 bits per heavy atom. The van der Waals surface area contributed by atoms with Gasteiger partial charge in [0.2, 0.25) is 5.88 Å². The van der Waals surface area contributed by atoms with Gasteiger partial charge < -0.3 is 9.47 Å². The minimum atomic E-state index is 0.690. The van der Waals surface area contributed by atoms with Crippen LogP contribution in [-0.4, -0.2) is 18.7 Å². The molecule has 0 unspecified atom stereocenters. The van der Waals surface area contributed by atoms with E-state index in [1.807, 2.05) is 24.3 Å². The fourth-order valence-corrected chi connectivity index (χ4v) is 1.99. The van der Waals surface area contributed by atoms with Crippen LogP contribution in [0.3, 0.4) is 0 Å². The molecule has 0 saturated heterocycles. The van der Waals surface area contributed by atoms with Crippen LogP contribution < -0.4 is 9.47 Å². The number of hydrogen-bond acceptors (Lipinski definition) is 3. The van der Waals surface area contributed by atoms with E-state index in [4.69, 9.17) is 9.47 Å². The van der Waals surface area contributed by atoms with E-state index in [9.17, 15) is 0 Å². The van der Waals surface area contributed by atoms with Crippen LogP contribution in [-0.2, 0) is 6.42 Å². The van der Waals surface area contributed by atoms with Crippen LogP contribution in [0.15, 0.2) is 24.3 Å². The van der Waals surface area contributed by atoms with E-state index in [1.54, 1.807) is 7.11 Å². The number of nitrogens with zero attached hydrogens (tertiary/aromatic N) is 1. The maximum atomic E-state index is 5.59. The number of benzene rings is 1. The van der Waals surface area contributed by atoms with Crippen molar-refractivity contribution in [1.29, 1.82) is 0 Å². The summed E-state index contributed by atoms with van der Waals surface area (Å²) in [5.74, 6) is 1.61. The molecule has 0 amide bonds. The molecule has 0 atom stereocenters. The standard InChI is InChI=1S/C12H11NO2/c1-14-12-9-5-3-2-4-8(9)11-10(13-12)6-7-15-11/h2-5H,6-7H2,1H3. The van der Waals surface area contributed by atoms with Gasteiger partial charge in [0.1, 0.15) is 5.75 Å². The smallest absolute Gasteiger partial charge is 0.221 e. The molecule has 1 aliphatic heterocycles. The van der Waals surface area contributed by atoms with E-state index in [1.165, 1.54) is 0 Å². The molecule has 2 aromatic rings. The zero-order valence-electron chi connectivity index (χ0n) is 8.49. The van der Waals surface area contributed by atoms with E-state index in [2.05, 4.69) is 4.98 Å². The van der Waals surface area contributed by atoms with Gasteiger partial charge in [0, 0.05) is 17.2 Å². The molecule has 0 aliphatic carbocycles. The maximum absolute atomic E-state index is 5.59. The number of ether oxygens (including phenoxy) is 2. The molecule has 3 nitrogen and oxygen atoms in total. The second kappa shape index (κ2) is 3.12. The lowest BCUT2D eigenvalue weighted by Crippen LogP contribution is -1.93. The molecule has 2 heterocycles. The van der Waals surface area contributed by atoms with Crippen molar-refractivity contribution in [2.45, 2.75) is 6.42 Å². The third-order valence-electron chi connectivity index (χ3n) is 2.68. The molecule has 3 heteroatoms. The lowest BCUT2D eigenvalue weighted by Gasteiger charge is -2.08. The quantitative estimate of drug-likeness (QED) is 0.708. The monoisotopic (exact) mass is 201 g/mol. The fourth-order valence-electron chi connectivity index (χ4n) is 1.99. The highest BCUT2D eigenvalue weighted by molar-refractivity contribution is 5.93. The predicted octanol–water partition coefficient (Wildman–Crippen LogP) is 2.18. The molecule has 1 aromatic carbocycles. The van der Waals surface area contributed by atoms with Crippen molar-refractivity contribution in [3.05, 3.63) is 30.0 Å². The van der Waals surface area contributed by atoms with Gasteiger partial charge in [-0.3, -0.25) is 0 Å². The summed E-state index contributed by atoms with van der Waals surface area (Å²) in [4.78, 5) is 4.45. The molecule has 15 heavy (non-hydrogen) atoms. The molecular weight excluding hydrogens is 190 g/mol. The zero-order chi connectivity index (χ0) is 10.3. The number of pyridine rings is 1. The number of hydrogen-bond donors (Lipinski definition) is 0. The SMILES string of the molecule is COc1nc2c(c3ccccc13)OCC2. The summed E-state index contributed by atoms with van der Waals surface area (Å²) in [5, 5.41) is 2.11. The first kappa shape index (κ1) is 8.53. The lowest BCUT2D eigenvalue weighted by atomic mass is 10.1. The van der Waals surface area contributed by atoms with E-state index < -0.39 is 0 Å². The molecule has 0 spiro atoms. The van der Waals surface area contributed by atoms with Crippen molar-refractivity contribution >= 4 is 10.8 Å². The molecule has 0 fully saturated rings. The van der Waals surface area contributed by atoms with Crippen molar-refractivity contribution in [2.24, 2.45) is 0 Å². The van der Waals surface area contributed by atoms with E-state index >= 15 is 0 Å². The molecule has 0 radical (unpaired) electrons. The van der Waals surface area contributed by atoms with Gasteiger partial charge in [-0.1, -0.05) is 18.2 Å². The second-order valence-electron chi connectivity index (χ2n) is 3.54. The van der Waals surface area contributed by atoms with Gasteiger partial charge in [-0.25, -0.2) is 4.98 Å². The van der Waals surface area contributed by atoms with Gasteiger partial charge >= 0.3 is 0 Å². The highest BCUT2D eigenvalue weighted by atomic mass is 16.5. The molecule has 0 bridgehead atoms. The number of methoxy groups -OCH3 is 1. The highest BCUT2D eigenvalue weighted by Gasteiger charge is 2.19. The van der Waals surface area contributed by atoms with Crippen molar-refractivity contribution < 1.29 is 9.47 Å². The number of rotatable bonds is 1. The zero-order valence-corrected chi connectivity index (χ0v) is 8.49. The van der Waals surface area contributed by atoms with E-state index in [-0.39, 0.29) is 0 Å². The molecule has 0 saturated carbocycles. The third kappa shape index (κ3) is 1.16. The summed E-state index contributed by atoms with van der Waals surface area (Å²) < 4.78 is 10.9. The Kier molecular flexibility index (Phi) is 1.78. The normalized spacial score (nSPS) is 13.7. The molecule has 3 rings (SSSR count). The van der Waals surface area contributed by atoms with Gasteiger partial charge in [-0.05, 0) is 6.07 Å². The first-order chi connectivity index (χ1) is 7.40. The van der Waals surface area contributed by atoms with Gasteiger partial charge in [0.05, 0.1) is 19.4 Å². The molecule has 1 aliphatic rings. The summed E-state index contributed by atoms with van der Waals surface area (Å²) in [6, 6.07) is 8.03. The number of aromatic nitrogens is 1. The van der Waals surface area contributed by atoms with Gasteiger partial charge in [0.25, 0.3) is 0 Å². The summed E-state index contributed by atoms with van der Waals surface area (Å²) in [6.45, 7) is 0.722. The molecule has 1 aromatic heterocycles. The minimum absolute atomic E-state index is 0.690. The Hall–Kier alpha value is -1.77. The summed E-state index contributed by atoms with van der Waals surface area (Å²) in [5.41, 5.74) is 1.01. The van der Waals surface area contributed by atoms with Crippen LogP contribution >= 0.6 is 0 Å². The van der Waals surface area contributed by atoms with E-state index in [0.29, 0.717) is 5.88 Å². The van der Waals surface area contributed by atoms with Crippen LogP contribution in [0.2, 0.25) is 0 Å². The largest absolute Gasteiger partial charge is 0.491 e. The minimum Gasteiger partial charge on any atom is -0.491 e. The molecular formula is C12H11NO2.